The molecule has 0 spiro atoms. The van der Waals surface area contributed by atoms with Crippen molar-refractivity contribution in [1.29, 1.82) is 0 Å². The summed E-state index contributed by atoms with van der Waals surface area (Å²) >= 11 is 0. The number of carbonyl (C=O) groups excluding carboxylic acids is 2. The third kappa shape index (κ3) is 6.24. The second-order valence-electron chi connectivity index (χ2n) is 10.2. The van der Waals surface area contributed by atoms with Crippen LogP contribution in [0.15, 0.2) is 78.4 Å². The van der Waals surface area contributed by atoms with Crippen LogP contribution in [-0.2, 0) is 20.9 Å². The van der Waals surface area contributed by atoms with Crippen molar-refractivity contribution in [2.24, 2.45) is 0 Å². The number of Topliss-reactive ketones (excluding diaryl/α,β-unsaturated/α-hetero) is 1. The van der Waals surface area contributed by atoms with Gasteiger partial charge in [0, 0.05) is 31.7 Å². The number of hydrogen-bond donors (Lipinski definition) is 1. The number of hydrogen-bond acceptors (Lipinski definition) is 6. The highest BCUT2D eigenvalue weighted by Gasteiger charge is 2.45. The van der Waals surface area contributed by atoms with E-state index >= 15 is 0 Å². The maximum absolute atomic E-state index is 13.7. The third-order valence-electron chi connectivity index (χ3n) is 7.32. The van der Waals surface area contributed by atoms with Crippen LogP contribution < -0.4 is 4.74 Å². The van der Waals surface area contributed by atoms with Crippen molar-refractivity contribution < 1.29 is 28.6 Å². The lowest BCUT2D eigenvalue weighted by Crippen LogP contribution is -2.38. The molecule has 1 N–H and O–H groups in total. The molecule has 2 aliphatic heterocycles. The zero-order chi connectivity index (χ0) is 28.1. The van der Waals surface area contributed by atoms with Gasteiger partial charge in [-0.25, -0.2) is 4.39 Å². The number of aliphatic hydroxyl groups is 1. The molecule has 0 radical (unpaired) electrons. The molecule has 5 rings (SSSR count). The third-order valence-corrected chi connectivity index (χ3v) is 7.32. The minimum Gasteiger partial charge on any atom is -0.507 e. The summed E-state index contributed by atoms with van der Waals surface area (Å²) in [4.78, 5) is 30.2. The molecule has 40 heavy (non-hydrogen) atoms. The second kappa shape index (κ2) is 12.4. The summed E-state index contributed by atoms with van der Waals surface area (Å²) < 4.78 is 25.0. The zero-order valence-corrected chi connectivity index (χ0v) is 22.5. The van der Waals surface area contributed by atoms with Gasteiger partial charge in [0.05, 0.1) is 24.8 Å². The molecule has 3 aromatic carbocycles. The van der Waals surface area contributed by atoms with Crippen LogP contribution >= 0.6 is 0 Å². The Labute approximate surface area is 233 Å². The molecule has 3 aromatic rings. The first-order chi connectivity index (χ1) is 19.4. The summed E-state index contributed by atoms with van der Waals surface area (Å²) in [6, 6.07) is 19.7. The normalized spacial score (nSPS) is 19.2. The topological polar surface area (TPSA) is 79.3 Å². The molecule has 0 aliphatic carbocycles. The van der Waals surface area contributed by atoms with E-state index < -0.39 is 23.5 Å². The molecule has 7 nitrogen and oxygen atoms in total. The van der Waals surface area contributed by atoms with Crippen molar-refractivity contribution >= 4 is 17.4 Å². The molecule has 0 saturated carbocycles. The van der Waals surface area contributed by atoms with Gasteiger partial charge in [0.2, 0.25) is 0 Å². The van der Waals surface area contributed by atoms with E-state index in [-0.39, 0.29) is 11.3 Å². The molecule has 2 heterocycles. The van der Waals surface area contributed by atoms with Crippen LogP contribution in [-0.4, -0.2) is 66.0 Å². The Morgan fingerprint density at radius 2 is 1.73 bits per heavy atom. The van der Waals surface area contributed by atoms with E-state index in [9.17, 15) is 19.1 Å². The van der Waals surface area contributed by atoms with Crippen LogP contribution in [0.25, 0.3) is 5.76 Å². The number of ether oxygens (including phenoxy) is 2. The highest BCUT2D eigenvalue weighted by molar-refractivity contribution is 6.46. The molecular formula is C32H33FN2O5. The molecule has 208 valence electrons. The minimum atomic E-state index is -0.817. The van der Waals surface area contributed by atoms with Crippen molar-refractivity contribution in [3.05, 3.63) is 106 Å². The van der Waals surface area contributed by atoms with Gasteiger partial charge in [0.25, 0.3) is 11.7 Å². The summed E-state index contributed by atoms with van der Waals surface area (Å²) in [5.74, 6) is -1.51. The number of amides is 1. The first-order valence-corrected chi connectivity index (χ1v) is 13.5. The number of likely N-dealkylation sites (tertiary alicyclic amines) is 1. The number of nitrogens with zero attached hydrogens (tertiary/aromatic N) is 2. The van der Waals surface area contributed by atoms with Gasteiger partial charge in [-0.3, -0.25) is 14.5 Å². The van der Waals surface area contributed by atoms with Crippen molar-refractivity contribution in [3.8, 4) is 5.75 Å². The Hall–Kier alpha value is -4.01. The SMILES string of the molecule is Cc1cccc(COc2ccc(/C(O)=C3\C(=O)C(=O)N(CCCN4CCOCC4)[C@H]3c3ccc(F)cc3)cc2)c1. The van der Waals surface area contributed by atoms with Gasteiger partial charge in [-0.1, -0.05) is 42.0 Å². The number of aryl methyl sites for hydroxylation is 1. The molecule has 2 saturated heterocycles. The van der Waals surface area contributed by atoms with Gasteiger partial charge < -0.3 is 19.5 Å². The fourth-order valence-electron chi connectivity index (χ4n) is 5.22. The molecular weight excluding hydrogens is 511 g/mol. The van der Waals surface area contributed by atoms with Crippen LogP contribution in [0.5, 0.6) is 5.75 Å². The average molecular weight is 545 g/mol. The number of carbonyl (C=O) groups is 2. The zero-order valence-electron chi connectivity index (χ0n) is 22.5. The molecule has 2 fully saturated rings. The lowest BCUT2D eigenvalue weighted by Gasteiger charge is -2.29. The predicted octanol–water partition coefficient (Wildman–Crippen LogP) is 4.86. The smallest absolute Gasteiger partial charge is 0.295 e. The highest BCUT2D eigenvalue weighted by atomic mass is 19.1. The van der Waals surface area contributed by atoms with Gasteiger partial charge >= 0.3 is 0 Å². The Morgan fingerprint density at radius 3 is 2.42 bits per heavy atom. The summed E-state index contributed by atoms with van der Waals surface area (Å²) in [7, 11) is 0. The molecule has 2 aliphatic rings. The quantitative estimate of drug-likeness (QED) is 0.236. The van der Waals surface area contributed by atoms with Crippen LogP contribution in [0.3, 0.4) is 0 Å². The van der Waals surface area contributed by atoms with E-state index in [2.05, 4.69) is 11.0 Å². The standard InChI is InChI=1S/C32H33FN2O5/c1-22-4-2-5-23(20-22)21-40-27-12-8-25(9-13-27)30(36)28-29(24-6-10-26(33)11-7-24)35(32(38)31(28)37)15-3-14-34-16-18-39-19-17-34/h2,4-13,20,29,36H,3,14-19,21H2,1H3/b30-28+/t29-/m0/s1. The molecule has 0 aromatic heterocycles. The maximum atomic E-state index is 13.7. The lowest BCUT2D eigenvalue weighted by atomic mass is 9.95. The van der Waals surface area contributed by atoms with Gasteiger partial charge in [0.1, 0.15) is 23.9 Å². The van der Waals surface area contributed by atoms with Crippen molar-refractivity contribution in [2.75, 3.05) is 39.4 Å². The monoisotopic (exact) mass is 544 g/mol. The van der Waals surface area contributed by atoms with Gasteiger partial charge in [-0.15, -0.1) is 0 Å². The first-order valence-electron chi connectivity index (χ1n) is 13.5. The lowest BCUT2D eigenvalue weighted by molar-refractivity contribution is -0.140. The summed E-state index contributed by atoms with van der Waals surface area (Å²) in [5, 5.41) is 11.3. The predicted molar refractivity (Wildman–Crippen MR) is 149 cm³/mol. The fourth-order valence-corrected chi connectivity index (χ4v) is 5.22. The Morgan fingerprint density at radius 1 is 1.00 bits per heavy atom. The van der Waals surface area contributed by atoms with E-state index in [0.717, 1.165) is 30.8 Å². The summed E-state index contributed by atoms with van der Waals surface area (Å²) in [6.07, 6.45) is 0.651. The van der Waals surface area contributed by atoms with Crippen molar-refractivity contribution in [1.82, 2.24) is 9.80 Å². The van der Waals surface area contributed by atoms with E-state index in [1.165, 1.54) is 17.0 Å². The molecule has 8 heteroatoms. The maximum Gasteiger partial charge on any atom is 0.295 e. The van der Waals surface area contributed by atoms with Gasteiger partial charge in [-0.05, 0) is 60.9 Å². The Kier molecular flexibility index (Phi) is 8.57. The van der Waals surface area contributed by atoms with E-state index in [1.807, 2.05) is 25.1 Å². The number of morpholine rings is 1. The highest BCUT2D eigenvalue weighted by Crippen LogP contribution is 2.39. The molecule has 0 unspecified atom stereocenters. The van der Waals surface area contributed by atoms with E-state index in [1.54, 1.807) is 36.4 Å². The van der Waals surface area contributed by atoms with E-state index in [0.29, 0.717) is 49.7 Å². The van der Waals surface area contributed by atoms with Crippen LogP contribution in [0.2, 0.25) is 0 Å². The van der Waals surface area contributed by atoms with E-state index in [4.69, 9.17) is 9.47 Å². The fraction of sp³-hybridized carbons (Fsp3) is 0.312. The number of aliphatic hydroxyl groups excluding tert-OH is 1. The average Bonchev–Trinajstić information content (AvgIpc) is 3.22. The number of rotatable bonds is 9. The number of halogens is 1. The van der Waals surface area contributed by atoms with Crippen LogP contribution in [0.1, 0.15) is 34.7 Å². The Balaban J connectivity index is 1.38. The van der Waals surface area contributed by atoms with Crippen molar-refractivity contribution in [3.63, 3.8) is 0 Å². The summed E-state index contributed by atoms with van der Waals surface area (Å²) in [5.41, 5.74) is 3.14. The van der Waals surface area contributed by atoms with Gasteiger partial charge in [-0.2, -0.15) is 0 Å². The minimum absolute atomic E-state index is 0.00332. The Bertz CT molecular complexity index is 1380. The molecule has 0 bridgehead atoms. The second-order valence-corrected chi connectivity index (χ2v) is 10.2. The molecule has 1 amide bonds. The van der Waals surface area contributed by atoms with Crippen molar-refractivity contribution in [2.45, 2.75) is 26.0 Å². The largest absolute Gasteiger partial charge is 0.507 e. The first kappa shape index (κ1) is 27.6. The van der Waals surface area contributed by atoms with Gasteiger partial charge in [0.15, 0.2) is 0 Å². The number of ketones is 1. The van der Waals surface area contributed by atoms with Crippen LogP contribution in [0.4, 0.5) is 4.39 Å². The van der Waals surface area contributed by atoms with Crippen LogP contribution in [0, 0.1) is 12.7 Å². The summed E-state index contributed by atoms with van der Waals surface area (Å²) in [6.45, 7) is 6.50. The molecule has 1 atom stereocenters. The number of benzene rings is 3.